The average molecular weight is 240 g/mol. The lowest BCUT2D eigenvalue weighted by Crippen LogP contribution is -2.03. The summed E-state index contributed by atoms with van der Waals surface area (Å²) in [6.45, 7) is 5.22. The van der Waals surface area contributed by atoms with Gasteiger partial charge in [0, 0.05) is 6.92 Å². The Balaban J connectivity index is 2.24. The van der Waals surface area contributed by atoms with Gasteiger partial charge < -0.3 is 4.74 Å². The first-order chi connectivity index (χ1) is 8.69. The van der Waals surface area contributed by atoms with Crippen molar-refractivity contribution in [3.8, 4) is 5.75 Å². The molecule has 0 amide bonds. The summed E-state index contributed by atoms with van der Waals surface area (Å²) >= 11 is 0. The number of carbonyl (C=O) groups excluding carboxylic acids is 1. The second-order valence-electron chi connectivity index (χ2n) is 4.30. The molecule has 1 aliphatic carbocycles. The number of hydrogen-bond donors (Lipinski definition) is 0. The van der Waals surface area contributed by atoms with Crippen LogP contribution in [-0.4, -0.2) is 5.97 Å². The Morgan fingerprint density at radius 1 is 1.39 bits per heavy atom. The van der Waals surface area contributed by atoms with Gasteiger partial charge >= 0.3 is 5.97 Å². The lowest BCUT2D eigenvalue weighted by Gasteiger charge is -2.11. The molecule has 0 spiro atoms. The van der Waals surface area contributed by atoms with E-state index in [4.69, 9.17) is 4.74 Å². The molecule has 1 aromatic carbocycles. The number of ether oxygens (including phenoxy) is 1. The zero-order chi connectivity index (χ0) is 13.0. The van der Waals surface area contributed by atoms with Crippen molar-refractivity contribution in [1.82, 2.24) is 0 Å². The topological polar surface area (TPSA) is 26.3 Å². The summed E-state index contributed by atoms with van der Waals surface area (Å²) in [5.74, 6) is 0.707. The van der Waals surface area contributed by atoms with Crippen LogP contribution in [-0.2, 0) is 11.2 Å². The Bertz CT molecular complexity index is 512. The largest absolute Gasteiger partial charge is 0.427 e. The first-order valence-electron chi connectivity index (χ1n) is 5.98. The van der Waals surface area contributed by atoms with Gasteiger partial charge in [0.05, 0.1) is 0 Å². The van der Waals surface area contributed by atoms with Gasteiger partial charge in [0.25, 0.3) is 0 Å². The van der Waals surface area contributed by atoms with Crippen molar-refractivity contribution in [3.63, 3.8) is 0 Å². The molecule has 2 heteroatoms. The van der Waals surface area contributed by atoms with Crippen LogP contribution in [0.15, 0.2) is 49.1 Å². The molecule has 18 heavy (non-hydrogen) atoms. The van der Waals surface area contributed by atoms with Crippen molar-refractivity contribution in [2.24, 2.45) is 5.92 Å². The molecule has 1 aromatic rings. The molecule has 0 saturated heterocycles. The van der Waals surface area contributed by atoms with E-state index in [0.29, 0.717) is 11.7 Å². The van der Waals surface area contributed by atoms with E-state index >= 15 is 0 Å². The van der Waals surface area contributed by atoms with Crippen LogP contribution in [0.1, 0.15) is 18.1 Å². The fourth-order valence-electron chi connectivity index (χ4n) is 2.06. The first-order valence-corrected chi connectivity index (χ1v) is 5.98. The maximum atomic E-state index is 11.0. The lowest BCUT2D eigenvalue weighted by molar-refractivity contribution is -0.131. The fourth-order valence-corrected chi connectivity index (χ4v) is 2.06. The summed E-state index contributed by atoms with van der Waals surface area (Å²) in [7, 11) is 0. The van der Waals surface area contributed by atoms with E-state index in [9.17, 15) is 4.79 Å². The number of rotatable bonds is 4. The zero-order valence-corrected chi connectivity index (χ0v) is 10.4. The molecule has 0 aromatic heterocycles. The molecule has 0 fully saturated rings. The quantitative estimate of drug-likeness (QED) is 0.594. The maximum Gasteiger partial charge on any atom is 0.308 e. The smallest absolute Gasteiger partial charge is 0.308 e. The minimum Gasteiger partial charge on any atom is -0.427 e. The zero-order valence-electron chi connectivity index (χ0n) is 10.4. The molecule has 0 unspecified atom stereocenters. The molecule has 0 bridgehead atoms. The van der Waals surface area contributed by atoms with E-state index in [1.54, 1.807) is 6.07 Å². The first kappa shape index (κ1) is 12.4. The van der Waals surface area contributed by atoms with Crippen molar-refractivity contribution in [2.45, 2.75) is 13.3 Å². The summed E-state index contributed by atoms with van der Waals surface area (Å²) in [4.78, 5) is 11.0. The van der Waals surface area contributed by atoms with Crippen LogP contribution in [0, 0.1) is 5.92 Å². The highest BCUT2D eigenvalue weighted by molar-refractivity contribution is 5.69. The number of allylic oxidation sites excluding steroid dienone is 4. The second-order valence-corrected chi connectivity index (χ2v) is 4.30. The molecule has 2 nitrogen and oxygen atoms in total. The van der Waals surface area contributed by atoms with Gasteiger partial charge in [-0.3, -0.25) is 4.79 Å². The van der Waals surface area contributed by atoms with E-state index in [1.807, 2.05) is 30.4 Å². The highest BCUT2D eigenvalue weighted by Crippen LogP contribution is 2.24. The van der Waals surface area contributed by atoms with Gasteiger partial charge in [-0.1, -0.05) is 43.0 Å². The van der Waals surface area contributed by atoms with E-state index < -0.39 is 0 Å². The van der Waals surface area contributed by atoms with Crippen LogP contribution in [0.25, 0.3) is 6.08 Å². The normalized spacial score (nSPS) is 13.8. The van der Waals surface area contributed by atoms with Crippen molar-refractivity contribution < 1.29 is 9.53 Å². The maximum absolute atomic E-state index is 11.0. The Morgan fingerprint density at radius 3 is 2.72 bits per heavy atom. The van der Waals surface area contributed by atoms with Gasteiger partial charge in [-0.05, 0) is 35.6 Å². The van der Waals surface area contributed by atoms with Gasteiger partial charge in [0.15, 0.2) is 0 Å². The third-order valence-electron chi connectivity index (χ3n) is 2.88. The van der Waals surface area contributed by atoms with Gasteiger partial charge in [-0.15, -0.1) is 0 Å². The Hall–Kier alpha value is -2.09. The second kappa shape index (κ2) is 5.50. The summed E-state index contributed by atoms with van der Waals surface area (Å²) in [5.41, 5.74) is 2.23. The van der Waals surface area contributed by atoms with Crippen LogP contribution in [0.3, 0.4) is 0 Å². The number of esters is 1. The minimum absolute atomic E-state index is 0.298. The molecule has 1 aliphatic rings. The van der Waals surface area contributed by atoms with Crippen molar-refractivity contribution in [3.05, 3.63) is 60.2 Å². The minimum atomic E-state index is -0.298. The van der Waals surface area contributed by atoms with E-state index in [-0.39, 0.29) is 5.97 Å². The Morgan fingerprint density at radius 2 is 2.11 bits per heavy atom. The average Bonchev–Trinajstić information content (AvgIpc) is 2.81. The number of benzene rings is 1. The van der Waals surface area contributed by atoms with E-state index in [1.165, 1.54) is 6.92 Å². The third-order valence-corrected chi connectivity index (χ3v) is 2.88. The highest BCUT2D eigenvalue weighted by atomic mass is 16.5. The van der Waals surface area contributed by atoms with Gasteiger partial charge in [-0.2, -0.15) is 0 Å². The third kappa shape index (κ3) is 2.98. The summed E-state index contributed by atoms with van der Waals surface area (Å²) < 4.78 is 5.11. The summed E-state index contributed by atoms with van der Waals surface area (Å²) in [5, 5.41) is 0. The molecule has 92 valence electrons. The highest BCUT2D eigenvalue weighted by Gasteiger charge is 2.10. The SMILES string of the molecule is C=Cc1ccc(OC(C)=O)cc1CC1C=CC=C1. The summed E-state index contributed by atoms with van der Waals surface area (Å²) in [6, 6.07) is 5.64. The number of hydrogen-bond acceptors (Lipinski definition) is 2. The lowest BCUT2D eigenvalue weighted by atomic mass is 9.96. The van der Waals surface area contributed by atoms with Gasteiger partial charge in [0.2, 0.25) is 0 Å². The van der Waals surface area contributed by atoms with E-state index in [0.717, 1.165) is 17.5 Å². The molecule has 0 saturated carbocycles. The molecule has 0 atom stereocenters. The van der Waals surface area contributed by atoms with Gasteiger partial charge in [0.1, 0.15) is 5.75 Å². The summed E-state index contributed by atoms with van der Waals surface area (Å²) in [6.07, 6.45) is 11.1. The molecular formula is C16H16O2. The monoisotopic (exact) mass is 240 g/mol. The molecular weight excluding hydrogens is 224 g/mol. The van der Waals surface area contributed by atoms with Crippen LogP contribution in [0.2, 0.25) is 0 Å². The van der Waals surface area contributed by atoms with Crippen LogP contribution < -0.4 is 4.74 Å². The molecule has 2 rings (SSSR count). The van der Waals surface area contributed by atoms with Crippen LogP contribution >= 0.6 is 0 Å². The predicted octanol–water partition coefficient (Wildman–Crippen LogP) is 3.54. The van der Waals surface area contributed by atoms with Crippen molar-refractivity contribution in [1.29, 1.82) is 0 Å². The Labute approximate surface area is 107 Å². The molecule has 0 aliphatic heterocycles. The van der Waals surface area contributed by atoms with Crippen molar-refractivity contribution in [2.75, 3.05) is 0 Å². The molecule has 0 N–H and O–H groups in total. The number of carbonyl (C=O) groups is 1. The molecule has 0 radical (unpaired) electrons. The fraction of sp³-hybridized carbons (Fsp3) is 0.188. The Kier molecular flexibility index (Phi) is 3.78. The standard InChI is InChI=1S/C16H16O2/c1-3-14-8-9-16(18-12(2)17)11-15(14)10-13-6-4-5-7-13/h3-9,11,13H,1,10H2,2H3. The van der Waals surface area contributed by atoms with Crippen LogP contribution in [0.5, 0.6) is 5.75 Å². The van der Waals surface area contributed by atoms with Crippen molar-refractivity contribution >= 4 is 12.0 Å². The van der Waals surface area contributed by atoms with E-state index in [2.05, 4.69) is 18.7 Å². The van der Waals surface area contributed by atoms with Gasteiger partial charge in [-0.25, -0.2) is 0 Å². The predicted molar refractivity (Wildman–Crippen MR) is 73.3 cm³/mol. The van der Waals surface area contributed by atoms with Crippen LogP contribution in [0.4, 0.5) is 0 Å². The molecule has 0 heterocycles.